The molecule has 1 aliphatic heterocycles. The fourth-order valence-corrected chi connectivity index (χ4v) is 4.93. The zero-order valence-electron chi connectivity index (χ0n) is 18.6. The number of aromatic nitrogens is 1. The van der Waals surface area contributed by atoms with E-state index in [0.29, 0.717) is 17.1 Å². The third-order valence-corrected chi connectivity index (χ3v) is 6.74. The molecule has 0 N–H and O–H groups in total. The van der Waals surface area contributed by atoms with E-state index < -0.39 is 4.92 Å². The van der Waals surface area contributed by atoms with E-state index in [1.54, 1.807) is 18.2 Å². The van der Waals surface area contributed by atoms with Gasteiger partial charge in [-0.15, -0.1) is 11.3 Å². The summed E-state index contributed by atoms with van der Waals surface area (Å²) in [4.78, 5) is 15.7. The Kier molecular flexibility index (Phi) is 5.67. The summed E-state index contributed by atoms with van der Waals surface area (Å²) in [6, 6.07) is 18.9. The molecule has 1 atom stereocenters. The molecule has 0 saturated heterocycles. The summed E-state index contributed by atoms with van der Waals surface area (Å²) in [6.07, 6.45) is 0.519. The Hall–Kier alpha value is -3.91. The number of nitrogens with zero attached hydrogens (tertiary/aromatic N) is 4. The smallest absolute Gasteiger partial charge is 0.258 e. The molecule has 4 aromatic rings. The monoisotopic (exact) mass is 472 g/mol. The summed E-state index contributed by atoms with van der Waals surface area (Å²) in [6.45, 7) is 4.11. The number of halogens is 1. The van der Waals surface area contributed by atoms with Crippen molar-refractivity contribution >= 4 is 27.9 Å². The maximum Gasteiger partial charge on any atom is 0.270 e. The second-order valence-corrected chi connectivity index (χ2v) is 9.14. The highest BCUT2D eigenvalue weighted by Gasteiger charge is 2.32. The van der Waals surface area contributed by atoms with Crippen molar-refractivity contribution in [2.24, 2.45) is 5.10 Å². The van der Waals surface area contributed by atoms with Gasteiger partial charge in [-0.2, -0.15) is 5.10 Å². The average Bonchev–Trinajstić information content (AvgIpc) is 3.49. The lowest BCUT2D eigenvalue weighted by Crippen LogP contribution is -2.18. The molecule has 0 spiro atoms. The Morgan fingerprint density at radius 1 is 1.09 bits per heavy atom. The highest BCUT2D eigenvalue weighted by molar-refractivity contribution is 7.14. The van der Waals surface area contributed by atoms with Crippen LogP contribution in [0.25, 0.3) is 11.3 Å². The lowest BCUT2D eigenvalue weighted by molar-refractivity contribution is -0.384. The minimum absolute atomic E-state index is 0.0171. The van der Waals surface area contributed by atoms with Gasteiger partial charge in [0.25, 0.3) is 5.69 Å². The quantitative estimate of drug-likeness (QED) is 0.236. The van der Waals surface area contributed by atoms with Crippen LogP contribution in [-0.4, -0.2) is 15.6 Å². The average molecular weight is 473 g/mol. The molecular weight excluding hydrogens is 451 g/mol. The molecule has 0 fully saturated rings. The van der Waals surface area contributed by atoms with Crippen molar-refractivity contribution in [1.29, 1.82) is 0 Å². The number of hydrogen-bond donors (Lipinski definition) is 0. The third-order valence-electron chi connectivity index (χ3n) is 5.91. The maximum absolute atomic E-state index is 13.6. The molecule has 1 aliphatic rings. The van der Waals surface area contributed by atoms with Crippen LogP contribution in [0.3, 0.4) is 0 Å². The minimum Gasteiger partial charge on any atom is -0.258 e. The third kappa shape index (κ3) is 4.20. The number of thiazole rings is 1. The maximum atomic E-state index is 13.6. The van der Waals surface area contributed by atoms with Crippen molar-refractivity contribution in [2.45, 2.75) is 26.3 Å². The first-order valence-corrected chi connectivity index (χ1v) is 11.7. The van der Waals surface area contributed by atoms with E-state index in [2.05, 4.69) is 32.0 Å². The van der Waals surface area contributed by atoms with E-state index >= 15 is 0 Å². The number of anilines is 1. The van der Waals surface area contributed by atoms with E-state index in [9.17, 15) is 14.5 Å². The summed E-state index contributed by atoms with van der Waals surface area (Å²) in [5.41, 5.74) is 6.57. The topological polar surface area (TPSA) is 71.6 Å². The van der Waals surface area contributed by atoms with Crippen molar-refractivity contribution in [3.63, 3.8) is 0 Å². The number of hydrazone groups is 1. The van der Waals surface area contributed by atoms with Crippen LogP contribution in [0.4, 0.5) is 15.2 Å². The van der Waals surface area contributed by atoms with E-state index in [1.165, 1.54) is 35.6 Å². The van der Waals surface area contributed by atoms with Crippen LogP contribution >= 0.6 is 11.3 Å². The first-order chi connectivity index (χ1) is 16.4. The van der Waals surface area contributed by atoms with Gasteiger partial charge in [-0.3, -0.25) is 10.1 Å². The molecule has 0 radical (unpaired) electrons. The normalized spacial score (nSPS) is 15.4. The largest absolute Gasteiger partial charge is 0.270 e. The fraction of sp³-hybridized carbons (Fsp3) is 0.154. The Balaban J connectivity index is 1.56. The van der Waals surface area contributed by atoms with Crippen molar-refractivity contribution in [1.82, 2.24) is 4.98 Å². The van der Waals surface area contributed by atoms with Crippen molar-refractivity contribution in [2.75, 3.05) is 5.01 Å². The fourth-order valence-electron chi connectivity index (χ4n) is 4.11. The number of rotatable bonds is 5. The van der Waals surface area contributed by atoms with Crippen LogP contribution in [0, 0.1) is 29.8 Å². The van der Waals surface area contributed by atoms with Gasteiger partial charge in [-0.1, -0.05) is 42.0 Å². The highest BCUT2D eigenvalue weighted by Crippen LogP contribution is 2.40. The molecule has 34 heavy (non-hydrogen) atoms. The summed E-state index contributed by atoms with van der Waals surface area (Å²) in [5.74, 6) is -0.306. The number of nitro groups is 1. The zero-order chi connectivity index (χ0) is 23.8. The summed E-state index contributed by atoms with van der Waals surface area (Å²) in [5, 5.41) is 20.7. The minimum atomic E-state index is -0.411. The van der Waals surface area contributed by atoms with Gasteiger partial charge >= 0.3 is 0 Å². The van der Waals surface area contributed by atoms with Gasteiger partial charge in [0.15, 0.2) is 0 Å². The standard InChI is InChI=1S/C26H21FN4O2S/c1-16-6-7-17(2)22(12-16)24-15-34-26(28-24)30-25(18-8-10-20(27)11-9-18)14-23(29-30)19-4-3-5-21(13-19)31(32)33/h3-13,15,25H,14H2,1-2H3. The summed E-state index contributed by atoms with van der Waals surface area (Å²) >= 11 is 1.49. The van der Waals surface area contributed by atoms with Gasteiger partial charge in [-0.05, 0) is 43.2 Å². The van der Waals surface area contributed by atoms with Crippen LogP contribution in [0.15, 0.2) is 77.2 Å². The predicted molar refractivity (Wildman–Crippen MR) is 133 cm³/mol. The van der Waals surface area contributed by atoms with Crippen LogP contribution in [0.5, 0.6) is 0 Å². The van der Waals surface area contributed by atoms with E-state index in [-0.39, 0.29) is 17.5 Å². The molecule has 0 amide bonds. The van der Waals surface area contributed by atoms with E-state index in [0.717, 1.165) is 33.7 Å². The van der Waals surface area contributed by atoms with Crippen LogP contribution in [0.1, 0.15) is 34.7 Å². The molecule has 1 aromatic heterocycles. The van der Waals surface area contributed by atoms with Crippen molar-refractivity contribution in [3.05, 3.63) is 110 Å². The Morgan fingerprint density at radius 3 is 2.65 bits per heavy atom. The number of hydrogen-bond acceptors (Lipinski definition) is 6. The van der Waals surface area contributed by atoms with E-state index in [4.69, 9.17) is 10.1 Å². The molecule has 3 aromatic carbocycles. The lowest BCUT2D eigenvalue weighted by Gasteiger charge is -2.21. The first kappa shape index (κ1) is 21.9. The number of non-ortho nitro benzene ring substituents is 1. The Morgan fingerprint density at radius 2 is 1.88 bits per heavy atom. The zero-order valence-corrected chi connectivity index (χ0v) is 19.4. The molecule has 0 aliphatic carbocycles. The van der Waals surface area contributed by atoms with Crippen LogP contribution < -0.4 is 5.01 Å². The van der Waals surface area contributed by atoms with E-state index in [1.807, 2.05) is 16.5 Å². The SMILES string of the molecule is Cc1ccc(C)c(-c2csc(N3N=C(c4cccc([N+](=O)[O-])c4)CC3c3ccc(F)cc3)n2)c1. The van der Waals surface area contributed by atoms with Crippen molar-refractivity contribution < 1.29 is 9.31 Å². The molecule has 0 saturated carbocycles. The Labute approximate surface area is 200 Å². The number of benzene rings is 3. The molecule has 6 nitrogen and oxygen atoms in total. The summed E-state index contributed by atoms with van der Waals surface area (Å²) in [7, 11) is 0. The number of nitro benzene ring substituents is 1. The van der Waals surface area contributed by atoms with Crippen molar-refractivity contribution in [3.8, 4) is 11.3 Å². The first-order valence-electron chi connectivity index (χ1n) is 10.8. The molecular formula is C26H21FN4O2S. The van der Waals surface area contributed by atoms with Gasteiger partial charge in [0.05, 0.1) is 22.4 Å². The second kappa shape index (κ2) is 8.79. The Bertz CT molecular complexity index is 1410. The second-order valence-electron chi connectivity index (χ2n) is 8.30. The summed E-state index contributed by atoms with van der Waals surface area (Å²) < 4.78 is 13.6. The lowest BCUT2D eigenvalue weighted by atomic mass is 9.98. The van der Waals surface area contributed by atoms with Gasteiger partial charge < -0.3 is 0 Å². The molecule has 2 heterocycles. The van der Waals surface area contributed by atoms with Gasteiger partial charge in [0, 0.05) is 35.1 Å². The predicted octanol–water partition coefficient (Wildman–Crippen LogP) is 6.83. The molecule has 0 bridgehead atoms. The highest BCUT2D eigenvalue weighted by atomic mass is 32.1. The number of aryl methyl sites for hydroxylation is 2. The molecule has 5 rings (SSSR count). The van der Waals surface area contributed by atoms with Gasteiger partial charge in [0.1, 0.15) is 5.82 Å². The van der Waals surface area contributed by atoms with Gasteiger partial charge in [0.2, 0.25) is 5.13 Å². The molecule has 1 unspecified atom stereocenters. The molecule has 170 valence electrons. The van der Waals surface area contributed by atoms with Crippen LogP contribution in [-0.2, 0) is 0 Å². The van der Waals surface area contributed by atoms with Crippen LogP contribution in [0.2, 0.25) is 0 Å². The molecule has 8 heteroatoms. The van der Waals surface area contributed by atoms with Gasteiger partial charge in [-0.25, -0.2) is 14.4 Å².